The highest BCUT2D eigenvalue weighted by Gasteiger charge is 2.10. The molecule has 0 aliphatic rings. The zero-order valence-corrected chi connectivity index (χ0v) is 12.7. The number of rotatable bonds is 5. The highest BCUT2D eigenvalue weighted by Crippen LogP contribution is 2.16. The van der Waals surface area contributed by atoms with E-state index in [2.05, 4.69) is 0 Å². The van der Waals surface area contributed by atoms with Crippen LogP contribution >= 0.6 is 11.6 Å². The van der Waals surface area contributed by atoms with Crippen molar-refractivity contribution in [3.05, 3.63) is 61.9 Å². The Hall–Kier alpha value is -2.52. The molecule has 0 radical (unpaired) electrons. The van der Waals surface area contributed by atoms with E-state index in [0.29, 0.717) is 17.3 Å². The lowest BCUT2D eigenvalue weighted by Gasteiger charge is -2.10. The first-order chi connectivity index (χ1) is 10.6. The van der Waals surface area contributed by atoms with Crippen molar-refractivity contribution in [2.24, 2.45) is 0 Å². The zero-order valence-electron chi connectivity index (χ0n) is 12.0. The summed E-state index contributed by atoms with van der Waals surface area (Å²) in [5.74, 6) is 0.549. The molecule has 1 aromatic heterocycles. The number of nitrogens with zero attached hydrogens (tertiary/aromatic N) is 3. The van der Waals surface area contributed by atoms with Crippen LogP contribution in [0.2, 0.25) is 5.02 Å². The summed E-state index contributed by atoms with van der Waals surface area (Å²) in [5.41, 5.74) is -1.13. The Kier molecular flexibility index (Phi) is 5.02. The largest absolute Gasteiger partial charge is 0.492 e. The van der Waals surface area contributed by atoms with Gasteiger partial charge in [0.05, 0.1) is 6.54 Å². The maximum absolute atomic E-state index is 12.1. The van der Waals surface area contributed by atoms with Crippen LogP contribution < -0.4 is 16.0 Å². The molecule has 1 heterocycles. The van der Waals surface area contributed by atoms with Crippen LogP contribution in [0.1, 0.15) is 12.5 Å². The second-order valence-electron chi connectivity index (χ2n) is 4.49. The average Bonchev–Trinajstić information content (AvgIpc) is 2.51. The summed E-state index contributed by atoms with van der Waals surface area (Å²) in [4.78, 5) is 24.2. The summed E-state index contributed by atoms with van der Waals surface area (Å²) in [6, 6.07) is 8.63. The standard InChI is InChI=1S/C15H14ClN3O3/c1-2-18-10-11(9-17)14(20)19(15(18)21)6-7-22-13-5-3-4-12(16)8-13/h3-5,8,10H,2,6-7H2,1H3. The van der Waals surface area contributed by atoms with Gasteiger partial charge in [0.15, 0.2) is 0 Å². The van der Waals surface area contributed by atoms with E-state index in [4.69, 9.17) is 21.6 Å². The normalized spacial score (nSPS) is 10.2. The predicted molar refractivity (Wildman–Crippen MR) is 82.3 cm³/mol. The van der Waals surface area contributed by atoms with Crippen molar-refractivity contribution >= 4 is 11.6 Å². The van der Waals surface area contributed by atoms with Crippen molar-refractivity contribution in [3.63, 3.8) is 0 Å². The second-order valence-corrected chi connectivity index (χ2v) is 4.92. The fraction of sp³-hybridized carbons (Fsp3) is 0.267. The molecule has 7 heteroatoms. The van der Waals surface area contributed by atoms with Gasteiger partial charge in [-0.2, -0.15) is 5.26 Å². The van der Waals surface area contributed by atoms with Crippen LogP contribution in [0.15, 0.2) is 40.1 Å². The smallest absolute Gasteiger partial charge is 0.331 e. The van der Waals surface area contributed by atoms with Crippen LogP contribution in [-0.4, -0.2) is 15.7 Å². The minimum absolute atomic E-state index is 0.0553. The summed E-state index contributed by atoms with van der Waals surface area (Å²) < 4.78 is 7.80. The number of hydrogen-bond donors (Lipinski definition) is 0. The molecule has 114 valence electrons. The molecule has 22 heavy (non-hydrogen) atoms. The molecule has 2 rings (SSSR count). The molecule has 1 aromatic carbocycles. The van der Waals surface area contributed by atoms with E-state index in [9.17, 15) is 9.59 Å². The van der Waals surface area contributed by atoms with Crippen molar-refractivity contribution in [2.45, 2.75) is 20.0 Å². The van der Waals surface area contributed by atoms with Gasteiger partial charge in [0.2, 0.25) is 0 Å². The number of aryl methyl sites for hydroxylation is 1. The highest BCUT2D eigenvalue weighted by atomic mass is 35.5. The fourth-order valence-electron chi connectivity index (χ4n) is 1.97. The summed E-state index contributed by atoms with van der Waals surface area (Å²) >= 11 is 5.85. The molecule has 0 saturated carbocycles. The molecule has 0 aliphatic heterocycles. The van der Waals surface area contributed by atoms with Crippen LogP contribution in [0.5, 0.6) is 5.75 Å². The third-order valence-corrected chi connectivity index (χ3v) is 3.31. The van der Waals surface area contributed by atoms with Crippen molar-refractivity contribution in [1.29, 1.82) is 5.26 Å². The zero-order chi connectivity index (χ0) is 16.1. The lowest BCUT2D eigenvalue weighted by molar-refractivity contribution is 0.291. The minimum atomic E-state index is -0.605. The summed E-state index contributed by atoms with van der Waals surface area (Å²) in [7, 11) is 0. The average molecular weight is 320 g/mol. The van der Waals surface area contributed by atoms with Gasteiger partial charge in [-0.25, -0.2) is 4.79 Å². The maximum atomic E-state index is 12.1. The molecular weight excluding hydrogens is 306 g/mol. The van der Waals surface area contributed by atoms with Gasteiger partial charge in [-0.3, -0.25) is 13.9 Å². The lowest BCUT2D eigenvalue weighted by Crippen LogP contribution is -2.41. The van der Waals surface area contributed by atoms with Crippen LogP contribution in [0, 0.1) is 11.3 Å². The number of aromatic nitrogens is 2. The molecule has 0 unspecified atom stereocenters. The van der Waals surface area contributed by atoms with Crippen LogP contribution in [-0.2, 0) is 13.1 Å². The summed E-state index contributed by atoms with van der Waals surface area (Å²) in [6.45, 7) is 2.32. The van der Waals surface area contributed by atoms with E-state index in [1.165, 1.54) is 10.8 Å². The van der Waals surface area contributed by atoms with Crippen molar-refractivity contribution in [1.82, 2.24) is 9.13 Å². The maximum Gasteiger partial charge on any atom is 0.331 e. The van der Waals surface area contributed by atoms with E-state index >= 15 is 0 Å². The Morgan fingerprint density at radius 2 is 2.14 bits per heavy atom. The first kappa shape index (κ1) is 15.9. The highest BCUT2D eigenvalue weighted by molar-refractivity contribution is 6.30. The first-order valence-electron chi connectivity index (χ1n) is 6.69. The van der Waals surface area contributed by atoms with E-state index < -0.39 is 11.2 Å². The lowest BCUT2D eigenvalue weighted by atomic mass is 10.3. The van der Waals surface area contributed by atoms with Gasteiger partial charge in [-0.15, -0.1) is 0 Å². The van der Waals surface area contributed by atoms with E-state index in [0.717, 1.165) is 4.57 Å². The first-order valence-corrected chi connectivity index (χ1v) is 7.07. The van der Waals surface area contributed by atoms with Gasteiger partial charge >= 0.3 is 5.69 Å². The van der Waals surface area contributed by atoms with Crippen molar-refractivity contribution in [2.75, 3.05) is 6.61 Å². The minimum Gasteiger partial charge on any atom is -0.492 e. The molecule has 0 bridgehead atoms. The molecule has 0 N–H and O–H groups in total. The molecule has 0 saturated heterocycles. The van der Waals surface area contributed by atoms with Gasteiger partial charge in [0.25, 0.3) is 5.56 Å². The van der Waals surface area contributed by atoms with E-state index in [1.54, 1.807) is 37.3 Å². The molecule has 0 atom stereocenters. The Morgan fingerprint density at radius 1 is 1.36 bits per heavy atom. The molecule has 2 aromatic rings. The van der Waals surface area contributed by atoms with Crippen LogP contribution in [0.25, 0.3) is 0 Å². The molecular formula is C15H14ClN3O3. The molecule has 6 nitrogen and oxygen atoms in total. The molecule has 0 aliphatic carbocycles. The third-order valence-electron chi connectivity index (χ3n) is 3.08. The molecule has 0 spiro atoms. The van der Waals surface area contributed by atoms with Gasteiger partial charge in [0.1, 0.15) is 24.0 Å². The number of ether oxygens (including phenoxy) is 1. The fourth-order valence-corrected chi connectivity index (χ4v) is 2.15. The summed E-state index contributed by atoms with van der Waals surface area (Å²) in [5, 5.41) is 9.50. The Bertz CT molecular complexity index is 833. The summed E-state index contributed by atoms with van der Waals surface area (Å²) in [6.07, 6.45) is 1.28. The van der Waals surface area contributed by atoms with Crippen molar-refractivity contribution in [3.8, 4) is 11.8 Å². The number of nitriles is 1. The Balaban J connectivity index is 2.21. The number of halogens is 1. The number of benzene rings is 1. The van der Waals surface area contributed by atoms with Gasteiger partial charge in [-0.1, -0.05) is 17.7 Å². The predicted octanol–water partition coefficient (Wildman–Crippen LogP) is 1.63. The van der Waals surface area contributed by atoms with Gasteiger partial charge in [-0.05, 0) is 25.1 Å². The van der Waals surface area contributed by atoms with Crippen molar-refractivity contribution < 1.29 is 4.74 Å². The third kappa shape index (κ3) is 3.38. The van der Waals surface area contributed by atoms with Crippen LogP contribution in [0.4, 0.5) is 0 Å². The van der Waals surface area contributed by atoms with Crippen LogP contribution in [0.3, 0.4) is 0 Å². The number of hydrogen-bond acceptors (Lipinski definition) is 4. The Morgan fingerprint density at radius 3 is 2.77 bits per heavy atom. The van der Waals surface area contributed by atoms with Gasteiger partial charge < -0.3 is 4.74 Å². The second kappa shape index (κ2) is 6.96. The van der Waals surface area contributed by atoms with E-state index in [-0.39, 0.29) is 18.7 Å². The SMILES string of the molecule is CCn1cc(C#N)c(=O)n(CCOc2cccc(Cl)c2)c1=O. The molecule has 0 amide bonds. The quantitative estimate of drug-likeness (QED) is 0.839. The molecule has 0 fully saturated rings. The Labute approximate surface area is 131 Å². The monoisotopic (exact) mass is 319 g/mol. The van der Waals surface area contributed by atoms with Gasteiger partial charge in [0, 0.05) is 17.8 Å². The topological polar surface area (TPSA) is 77.0 Å². The van der Waals surface area contributed by atoms with E-state index in [1.807, 2.05) is 0 Å².